The predicted octanol–water partition coefficient (Wildman–Crippen LogP) is 0.834. The molecule has 1 unspecified atom stereocenters. The van der Waals surface area contributed by atoms with Gasteiger partial charge >= 0.3 is 12.1 Å². The summed E-state index contributed by atoms with van der Waals surface area (Å²) in [5.74, 6) is 0.102. The van der Waals surface area contributed by atoms with Gasteiger partial charge < -0.3 is 19.9 Å². The molecule has 0 aromatic carbocycles. The van der Waals surface area contributed by atoms with Crippen LogP contribution in [0.1, 0.15) is 46.0 Å². The molecule has 3 aliphatic rings. The number of piperidine rings is 1. The molecule has 3 fully saturated rings. The molecule has 1 atom stereocenters. The second-order valence-corrected chi connectivity index (χ2v) is 8.09. The van der Waals surface area contributed by atoms with Crippen LogP contribution in [0.4, 0.5) is 9.59 Å². The number of amides is 5. The maximum Gasteiger partial charge on any atom is 0.410 e. The second kappa shape index (κ2) is 7.74. The van der Waals surface area contributed by atoms with Crippen LogP contribution in [0.25, 0.3) is 0 Å². The summed E-state index contributed by atoms with van der Waals surface area (Å²) in [7, 11) is 0. The molecule has 0 aromatic rings. The average Bonchev–Trinajstić information content (AvgIpc) is 3.09. The van der Waals surface area contributed by atoms with Gasteiger partial charge in [0.15, 0.2) is 0 Å². The molecular weight excluding hydrogens is 352 g/mol. The van der Waals surface area contributed by atoms with Gasteiger partial charge in [-0.3, -0.25) is 14.9 Å². The number of nitrogens with one attached hydrogen (secondary N) is 2. The van der Waals surface area contributed by atoms with E-state index in [-0.39, 0.29) is 30.7 Å². The zero-order valence-corrected chi connectivity index (χ0v) is 16.0. The number of nitrogens with zero attached hydrogens (tertiary/aromatic N) is 2. The van der Waals surface area contributed by atoms with Gasteiger partial charge in [-0.05, 0) is 18.8 Å². The summed E-state index contributed by atoms with van der Waals surface area (Å²) in [5.41, 5.74) is -0.482. The quantitative estimate of drug-likeness (QED) is 0.664. The number of urea groups is 1. The smallest absolute Gasteiger partial charge is 0.410 e. The Morgan fingerprint density at radius 3 is 2.56 bits per heavy atom. The van der Waals surface area contributed by atoms with E-state index in [1.54, 1.807) is 9.80 Å². The van der Waals surface area contributed by atoms with E-state index in [2.05, 4.69) is 24.5 Å². The lowest BCUT2D eigenvalue weighted by molar-refractivity contribution is -0.134. The van der Waals surface area contributed by atoms with Crippen LogP contribution in [0.15, 0.2) is 0 Å². The van der Waals surface area contributed by atoms with Crippen LogP contribution >= 0.6 is 0 Å². The Morgan fingerprint density at radius 1 is 1.26 bits per heavy atom. The van der Waals surface area contributed by atoms with Crippen molar-refractivity contribution in [1.29, 1.82) is 0 Å². The van der Waals surface area contributed by atoms with E-state index in [1.807, 2.05) is 0 Å². The molecule has 0 aliphatic carbocycles. The van der Waals surface area contributed by atoms with E-state index in [0.717, 1.165) is 6.42 Å². The largest absolute Gasteiger partial charge is 0.441 e. The van der Waals surface area contributed by atoms with Crippen LogP contribution < -0.4 is 10.6 Å². The number of carbonyl (C=O) groups excluding carboxylic acids is 4. The van der Waals surface area contributed by atoms with Gasteiger partial charge in [0.1, 0.15) is 11.6 Å². The highest BCUT2D eigenvalue weighted by molar-refractivity contribution is 6.04. The molecule has 27 heavy (non-hydrogen) atoms. The molecule has 0 saturated carbocycles. The highest BCUT2D eigenvalue weighted by Crippen LogP contribution is 2.33. The first-order valence-corrected chi connectivity index (χ1v) is 9.65. The molecular formula is C18H28N4O5. The fourth-order valence-electron chi connectivity index (χ4n) is 3.79. The Morgan fingerprint density at radius 2 is 1.96 bits per heavy atom. The van der Waals surface area contributed by atoms with Crippen molar-refractivity contribution in [3.63, 3.8) is 0 Å². The normalized spacial score (nSPS) is 24.4. The van der Waals surface area contributed by atoms with Crippen LogP contribution in [-0.2, 0) is 14.3 Å². The third-order valence-corrected chi connectivity index (χ3v) is 5.55. The van der Waals surface area contributed by atoms with Crippen molar-refractivity contribution in [3.8, 4) is 0 Å². The van der Waals surface area contributed by atoms with Gasteiger partial charge in [0.25, 0.3) is 5.91 Å². The van der Waals surface area contributed by atoms with Gasteiger partial charge in [0, 0.05) is 38.9 Å². The first kappa shape index (κ1) is 19.4. The van der Waals surface area contributed by atoms with Crippen molar-refractivity contribution in [2.45, 2.75) is 57.6 Å². The molecule has 5 amide bonds. The third kappa shape index (κ3) is 4.51. The van der Waals surface area contributed by atoms with E-state index < -0.39 is 17.7 Å². The van der Waals surface area contributed by atoms with E-state index in [9.17, 15) is 19.2 Å². The molecule has 9 heteroatoms. The van der Waals surface area contributed by atoms with Crippen LogP contribution in [0, 0.1) is 5.92 Å². The summed E-state index contributed by atoms with van der Waals surface area (Å²) in [4.78, 5) is 50.7. The van der Waals surface area contributed by atoms with Gasteiger partial charge in [0.05, 0.1) is 6.54 Å². The number of likely N-dealkylation sites (tertiary alicyclic amines) is 1. The van der Waals surface area contributed by atoms with Crippen molar-refractivity contribution in [2.24, 2.45) is 5.92 Å². The zero-order chi connectivity index (χ0) is 19.6. The van der Waals surface area contributed by atoms with Crippen molar-refractivity contribution in [2.75, 3.05) is 26.2 Å². The number of hydrogen-bond donors (Lipinski definition) is 2. The summed E-state index contributed by atoms with van der Waals surface area (Å²) in [6, 6.07) is -1.15. The Bertz CT molecular complexity index is 627. The summed E-state index contributed by atoms with van der Waals surface area (Å²) < 4.78 is 5.68. The molecule has 1 spiro atoms. The SMILES string of the molecule is CC(C)CCN1CC2(CCN(C(=O)CCC3NC(=O)NC3=O)CC2)OC1=O. The minimum atomic E-state index is -0.636. The monoisotopic (exact) mass is 380 g/mol. The molecule has 3 aliphatic heterocycles. The lowest BCUT2D eigenvalue weighted by Crippen LogP contribution is -2.49. The molecule has 9 nitrogen and oxygen atoms in total. The molecule has 3 rings (SSSR count). The summed E-state index contributed by atoms with van der Waals surface area (Å²) >= 11 is 0. The second-order valence-electron chi connectivity index (χ2n) is 8.09. The third-order valence-electron chi connectivity index (χ3n) is 5.55. The molecule has 3 saturated heterocycles. The standard InChI is InChI=1S/C18H28N4O5/c1-12(2)5-8-22-11-18(27-17(22)26)6-9-21(10-7-18)14(23)4-3-13-15(24)20-16(25)19-13/h12-13H,3-11H2,1-2H3,(H2,19,20,24,25). The van der Waals surface area contributed by atoms with E-state index in [4.69, 9.17) is 4.74 Å². The molecule has 0 aromatic heterocycles. The van der Waals surface area contributed by atoms with Gasteiger partial charge in [-0.2, -0.15) is 0 Å². The van der Waals surface area contributed by atoms with Crippen molar-refractivity contribution >= 4 is 23.9 Å². The average molecular weight is 380 g/mol. The van der Waals surface area contributed by atoms with E-state index in [0.29, 0.717) is 44.9 Å². The number of hydrogen-bond acceptors (Lipinski definition) is 5. The predicted molar refractivity (Wildman–Crippen MR) is 95.8 cm³/mol. The Kier molecular flexibility index (Phi) is 5.57. The Labute approximate surface area is 158 Å². The van der Waals surface area contributed by atoms with Crippen molar-refractivity contribution in [1.82, 2.24) is 20.4 Å². The molecule has 150 valence electrons. The topological polar surface area (TPSA) is 108 Å². The van der Waals surface area contributed by atoms with Crippen molar-refractivity contribution < 1.29 is 23.9 Å². The number of rotatable bonds is 6. The lowest BCUT2D eigenvalue weighted by Gasteiger charge is -2.37. The first-order valence-electron chi connectivity index (χ1n) is 9.65. The molecule has 0 bridgehead atoms. The number of carbonyl (C=O) groups is 4. The summed E-state index contributed by atoms with van der Waals surface area (Å²) in [6.45, 7) is 6.62. The van der Waals surface area contributed by atoms with E-state index in [1.165, 1.54) is 0 Å². The van der Waals surface area contributed by atoms with Crippen LogP contribution in [0.5, 0.6) is 0 Å². The van der Waals surface area contributed by atoms with Crippen molar-refractivity contribution in [3.05, 3.63) is 0 Å². The van der Waals surface area contributed by atoms with E-state index >= 15 is 0 Å². The fraction of sp³-hybridized carbons (Fsp3) is 0.778. The molecule has 3 heterocycles. The first-order chi connectivity index (χ1) is 12.8. The fourth-order valence-corrected chi connectivity index (χ4v) is 3.79. The maximum atomic E-state index is 12.4. The highest BCUT2D eigenvalue weighted by Gasteiger charge is 2.47. The highest BCUT2D eigenvalue weighted by atomic mass is 16.6. The number of ether oxygens (including phenoxy) is 1. The number of imide groups is 1. The summed E-state index contributed by atoms with van der Waals surface area (Å²) in [6.07, 6.45) is 2.44. The van der Waals surface area contributed by atoms with Crippen LogP contribution in [-0.4, -0.2) is 71.6 Å². The van der Waals surface area contributed by atoms with Gasteiger partial charge in [0.2, 0.25) is 5.91 Å². The van der Waals surface area contributed by atoms with Crippen LogP contribution in [0.2, 0.25) is 0 Å². The summed E-state index contributed by atoms with van der Waals surface area (Å²) in [5, 5.41) is 4.66. The van der Waals surface area contributed by atoms with Crippen LogP contribution in [0.3, 0.4) is 0 Å². The van der Waals surface area contributed by atoms with Gasteiger partial charge in [-0.15, -0.1) is 0 Å². The van der Waals surface area contributed by atoms with Gasteiger partial charge in [-0.25, -0.2) is 9.59 Å². The zero-order valence-electron chi connectivity index (χ0n) is 16.0. The maximum absolute atomic E-state index is 12.4. The lowest BCUT2D eigenvalue weighted by atomic mass is 9.91. The van der Waals surface area contributed by atoms with Gasteiger partial charge in [-0.1, -0.05) is 13.8 Å². The Hall–Kier alpha value is -2.32. The minimum absolute atomic E-state index is 0.0419. The minimum Gasteiger partial charge on any atom is -0.441 e. The molecule has 2 N–H and O–H groups in total. The Balaban J connectivity index is 1.44. The molecule has 0 radical (unpaired) electrons.